The molecule has 4 heterocycles. The van der Waals surface area contributed by atoms with Crippen LogP contribution in [0.2, 0.25) is 0 Å². The van der Waals surface area contributed by atoms with Gasteiger partial charge in [0.05, 0.1) is 11.0 Å². The van der Waals surface area contributed by atoms with E-state index < -0.39 is 0 Å². The third kappa shape index (κ3) is 3.87. The summed E-state index contributed by atoms with van der Waals surface area (Å²) in [6.45, 7) is 0. The number of benzene rings is 7. The summed E-state index contributed by atoms with van der Waals surface area (Å²) < 4.78 is 15.1. The minimum atomic E-state index is 0.620. The molecule has 0 fully saturated rings. The van der Waals surface area contributed by atoms with E-state index in [-0.39, 0.29) is 0 Å². The quantitative estimate of drug-likeness (QED) is 0.196. The van der Waals surface area contributed by atoms with Gasteiger partial charge in [0.2, 0.25) is 0 Å². The second-order valence-electron chi connectivity index (χ2n) is 12.6. The van der Waals surface area contributed by atoms with Crippen molar-refractivity contribution in [1.82, 2.24) is 14.5 Å². The van der Waals surface area contributed by atoms with Gasteiger partial charge in [-0.15, -0.1) is 0 Å². The summed E-state index contributed by atoms with van der Waals surface area (Å²) in [6.07, 6.45) is 0. The number of para-hydroxylation sites is 2. The van der Waals surface area contributed by atoms with Crippen molar-refractivity contribution >= 4 is 76.6 Å². The Labute approximate surface area is 279 Å². The van der Waals surface area contributed by atoms with Crippen molar-refractivity contribution in [3.8, 4) is 28.3 Å². The number of aromatic nitrogens is 3. The van der Waals surface area contributed by atoms with Crippen LogP contribution >= 0.6 is 0 Å². The first-order chi connectivity index (χ1) is 24.3. The molecule has 0 spiro atoms. The molecule has 0 aliphatic heterocycles. The maximum absolute atomic E-state index is 6.73. The summed E-state index contributed by atoms with van der Waals surface area (Å²) in [4.78, 5) is 10.6. The van der Waals surface area contributed by atoms with E-state index in [0.29, 0.717) is 17.2 Å². The molecule has 0 atom stereocenters. The fourth-order valence-corrected chi connectivity index (χ4v) is 7.47. The van der Waals surface area contributed by atoms with E-state index in [4.69, 9.17) is 18.8 Å². The van der Waals surface area contributed by atoms with Gasteiger partial charge in [-0.3, -0.25) is 4.57 Å². The molecule has 0 saturated carbocycles. The van der Waals surface area contributed by atoms with Crippen LogP contribution < -0.4 is 0 Å². The number of hydrogen-bond acceptors (Lipinski definition) is 4. The molecule has 0 radical (unpaired) electrons. The first kappa shape index (κ1) is 26.4. The summed E-state index contributed by atoms with van der Waals surface area (Å²) >= 11 is 0. The van der Waals surface area contributed by atoms with Gasteiger partial charge in [-0.2, -0.15) is 0 Å². The normalized spacial score (nSPS) is 12.1. The third-order valence-corrected chi connectivity index (χ3v) is 9.79. The minimum absolute atomic E-state index is 0.620. The third-order valence-electron chi connectivity index (χ3n) is 9.79. The molecule has 5 nitrogen and oxygen atoms in total. The Morgan fingerprint density at radius 3 is 1.96 bits per heavy atom. The first-order valence-electron chi connectivity index (χ1n) is 16.4. The monoisotopic (exact) mass is 627 g/mol. The molecule has 228 valence electrons. The molecular formula is C44H25N3O2. The van der Waals surface area contributed by atoms with Crippen LogP contribution in [0.3, 0.4) is 0 Å². The van der Waals surface area contributed by atoms with Crippen molar-refractivity contribution in [1.29, 1.82) is 0 Å². The van der Waals surface area contributed by atoms with E-state index in [9.17, 15) is 0 Å². The summed E-state index contributed by atoms with van der Waals surface area (Å²) in [6, 6.07) is 52.7. The molecule has 0 N–H and O–H groups in total. The van der Waals surface area contributed by atoms with E-state index in [1.807, 2.05) is 42.5 Å². The lowest BCUT2D eigenvalue weighted by molar-refractivity contribution is 0.662. The molecule has 7 aromatic carbocycles. The van der Waals surface area contributed by atoms with Gasteiger partial charge in [0.25, 0.3) is 0 Å². The maximum atomic E-state index is 6.73. The van der Waals surface area contributed by atoms with Crippen molar-refractivity contribution in [2.75, 3.05) is 0 Å². The van der Waals surface area contributed by atoms with Crippen molar-refractivity contribution in [3.05, 3.63) is 152 Å². The molecule has 0 aliphatic carbocycles. The highest BCUT2D eigenvalue weighted by Gasteiger charge is 2.23. The first-order valence-corrected chi connectivity index (χ1v) is 16.4. The standard InChI is InChI=1S/C44H25N3O2/c1-2-10-26(11-3-1)29-18-20-40-35(23-29)41-42(49-40)44(46-43(45-41)30-19-21-39-34(24-30)32-15-7-9-17-38(32)48-39)47-36-16-8-6-14-31(36)33-22-27-12-4-5-13-28(27)25-37(33)47/h1-25H. The Hall–Kier alpha value is -6.72. The molecule has 0 saturated heterocycles. The predicted molar refractivity (Wildman–Crippen MR) is 199 cm³/mol. The molecule has 49 heavy (non-hydrogen) atoms. The van der Waals surface area contributed by atoms with Gasteiger partial charge in [0, 0.05) is 32.5 Å². The second kappa shape index (κ2) is 9.89. The number of hydrogen-bond donors (Lipinski definition) is 0. The van der Waals surface area contributed by atoms with Gasteiger partial charge < -0.3 is 8.83 Å². The van der Waals surface area contributed by atoms with Gasteiger partial charge in [0.1, 0.15) is 22.3 Å². The van der Waals surface area contributed by atoms with Crippen LogP contribution in [0.15, 0.2) is 160 Å². The van der Waals surface area contributed by atoms with Gasteiger partial charge in [-0.25, -0.2) is 9.97 Å². The van der Waals surface area contributed by atoms with Crippen LogP contribution in [0.25, 0.3) is 105 Å². The molecule has 0 amide bonds. The zero-order valence-electron chi connectivity index (χ0n) is 26.1. The largest absolute Gasteiger partial charge is 0.456 e. The maximum Gasteiger partial charge on any atom is 0.197 e. The smallest absolute Gasteiger partial charge is 0.197 e. The lowest BCUT2D eigenvalue weighted by Gasteiger charge is -2.10. The molecule has 5 heteroatoms. The van der Waals surface area contributed by atoms with Crippen molar-refractivity contribution in [2.24, 2.45) is 0 Å². The Balaban J connectivity index is 1.26. The van der Waals surface area contributed by atoms with E-state index in [1.54, 1.807) is 0 Å². The fourth-order valence-electron chi connectivity index (χ4n) is 7.47. The average Bonchev–Trinajstić information content (AvgIpc) is 3.82. The van der Waals surface area contributed by atoms with Crippen molar-refractivity contribution < 1.29 is 8.83 Å². The molecular weight excluding hydrogens is 603 g/mol. The lowest BCUT2D eigenvalue weighted by Crippen LogP contribution is -2.01. The van der Waals surface area contributed by atoms with Crippen LogP contribution in [0, 0.1) is 0 Å². The highest BCUT2D eigenvalue weighted by Crippen LogP contribution is 2.40. The highest BCUT2D eigenvalue weighted by molar-refractivity contribution is 6.15. The van der Waals surface area contributed by atoms with Gasteiger partial charge >= 0.3 is 0 Å². The second-order valence-corrected chi connectivity index (χ2v) is 12.6. The van der Waals surface area contributed by atoms with Gasteiger partial charge in [0.15, 0.2) is 17.2 Å². The lowest BCUT2D eigenvalue weighted by atomic mass is 10.0. The Morgan fingerprint density at radius 2 is 1.08 bits per heavy atom. The van der Waals surface area contributed by atoms with Crippen molar-refractivity contribution in [3.63, 3.8) is 0 Å². The van der Waals surface area contributed by atoms with E-state index in [1.165, 1.54) is 10.8 Å². The van der Waals surface area contributed by atoms with Crippen LogP contribution in [0.5, 0.6) is 0 Å². The zero-order chi connectivity index (χ0) is 32.1. The van der Waals surface area contributed by atoms with Gasteiger partial charge in [-0.05, 0) is 76.5 Å². The topological polar surface area (TPSA) is 57.0 Å². The number of rotatable bonds is 3. The van der Waals surface area contributed by atoms with Crippen LogP contribution in [0.4, 0.5) is 0 Å². The predicted octanol–water partition coefficient (Wildman–Crippen LogP) is 11.9. The molecule has 0 aliphatic rings. The molecule has 4 aromatic heterocycles. The summed E-state index contributed by atoms with van der Waals surface area (Å²) in [5.41, 5.74) is 9.15. The Morgan fingerprint density at radius 1 is 0.408 bits per heavy atom. The molecule has 0 unspecified atom stereocenters. The van der Waals surface area contributed by atoms with E-state index >= 15 is 0 Å². The van der Waals surface area contributed by atoms with Crippen LogP contribution in [0.1, 0.15) is 0 Å². The number of nitrogens with zero attached hydrogens (tertiary/aromatic N) is 3. The van der Waals surface area contributed by atoms with Crippen LogP contribution in [-0.2, 0) is 0 Å². The summed E-state index contributed by atoms with van der Waals surface area (Å²) in [7, 11) is 0. The van der Waals surface area contributed by atoms with E-state index in [0.717, 1.165) is 76.9 Å². The van der Waals surface area contributed by atoms with Gasteiger partial charge in [-0.1, -0.05) is 97.1 Å². The van der Waals surface area contributed by atoms with E-state index in [2.05, 4.69) is 114 Å². The average molecular weight is 628 g/mol. The highest BCUT2D eigenvalue weighted by atomic mass is 16.3. The summed E-state index contributed by atoms with van der Waals surface area (Å²) in [5, 5.41) is 7.73. The number of fused-ring (bicyclic) bond motifs is 10. The molecule has 11 rings (SSSR count). The van der Waals surface area contributed by atoms with Crippen molar-refractivity contribution in [2.45, 2.75) is 0 Å². The zero-order valence-corrected chi connectivity index (χ0v) is 26.1. The SMILES string of the molecule is c1ccc(-c2ccc3oc4c(-n5c6ccccc6c6cc7ccccc7cc65)nc(-c5ccc6oc7ccccc7c6c5)nc4c3c2)cc1. The number of furan rings is 2. The molecule has 0 bridgehead atoms. The Bertz CT molecular complexity index is 3110. The van der Waals surface area contributed by atoms with Crippen LogP contribution in [-0.4, -0.2) is 14.5 Å². The summed E-state index contributed by atoms with van der Waals surface area (Å²) in [5.74, 6) is 1.32. The molecule has 11 aromatic rings. The minimum Gasteiger partial charge on any atom is -0.456 e. The Kier molecular flexibility index (Phi) is 5.32. The fraction of sp³-hybridized carbons (Fsp3) is 0.